The van der Waals surface area contributed by atoms with E-state index >= 15 is 0 Å². The van der Waals surface area contributed by atoms with E-state index in [1.165, 1.54) is 17.2 Å². The standard InChI is InChI=1S/C20H22FN3O/c1-3-24-18-6-4-5-17(21)20(18)22-19(24)13-23-10-9-14-7-8-16(25-2)11-15(14)12-23/h4-8,11H,3,9-10,12-13H2,1-2H3. The number of methoxy groups -OCH3 is 1. The first-order valence-electron chi connectivity index (χ1n) is 8.71. The summed E-state index contributed by atoms with van der Waals surface area (Å²) < 4.78 is 21.5. The van der Waals surface area contributed by atoms with Crippen molar-refractivity contribution < 1.29 is 9.13 Å². The number of fused-ring (bicyclic) bond motifs is 2. The number of aromatic nitrogens is 2. The molecule has 1 aliphatic heterocycles. The second-order valence-corrected chi connectivity index (χ2v) is 6.48. The highest BCUT2D eigenvalue weighted by atomic mass is 19.1. The quantitative estimate of drug-likeness (QED) is 0.725. The van der Waals surface area contributed by atoms with Gasteiger partial charge in [0, 0.05) is 19.6 Å². The summed E-state index contributed by atoms with van der Waals surface area (Å²) in [6, 6.07) is 11.5. The van der Waals surface area contributed by atoms with Gasteiger partial charge in [-0.25, -0.2) is 9.37 Å². The summed E-state index contributed by atoms with van der Waals surface area (Å²) in [7, 11) is 1.69. The van der Waals surface area contributed by atoms with Crippen molar-refractivity contribution in [1.29, 1.82) is 0 Å². The Morgan fingerprint density at radius 2 is 2.08 bits per heavy atom. The van der Waals surface area contributed by atoms with Crippen molar-refractivity contribution >= 4 is 11.0 Å². The molecule has 0 bridgehead atoms. The second-order valence-electron chi connectivity index (χ2n) is 6.48. The largest absolute Gasteiger partial charge is 0.497 e. The van der Waals surface area contributed by atoms with Gasteiger partial charge < -0.3 is 9.30 Å². The number of rotatable bonds is 4. The summed E-state index contributed by atoms with van der Waals surface area (Å²) in [4.78, 5) is 6.96. The molecule has 0 radical (unpaired) electrons. The van der Waals surface area contributed by atoms with E-state index in [-0.39, 0.29) is 5.82 Å². The first-order valence-corrected chi connectivity index (χ1v) is 8.71. The van der Waals surface area contributed by atoms with E-state index in [1.54, 1.807) is 13.2 Å². The summed E-state index contributed by atoms with van der Waals surface area (Å²) in [5, 5.41) is 0. The molecule has 0 N–H and O–H groups in total. The van der Waals surface area contributed by atoms with Crippen LogP contribution < -0.4 is 4.74 Å². The first kappa shape index (κ1) is 16.1. The fourth-order valence-corrected chi connectivity index (χ4v) is 3.69. The van der Waals surface area contributed by atoms with Crippen molar-refractivity contribution in [3.63, 3.8) is 0 Å². The molecule has 2 heterocycles. The Hall–Kier alpha value is -2.40. The maximum Gasteiger partial charge on any atom is 0.151 e. The molecule has 25 heavy (non-hydrogen) atoms. The molecule has 0 spiro atoms. The average molecular weight is 339 g/mol. The van der Waals surface area contributed by atoms with Gasteiger partial charge in [-0.2, -0.15) is 0 Å². The Morgan fingerprint density at radius 3 is 2.88 bits per heavy atom. The molecule has 0 amide bonds. The minimum absolute atomic E-state index is 0.250. The number of hydrogen-bond donors (Lipinski definition) is 0. The zero-order chi connectivity index (χ0) is 17.4. The monoisotopic (exact) mass is 339 g/mol. The molecule has 1 aliphatic rings. The predicted molar refractivity (Wildman–Crippen MR) is 96.2 cm³/mol. The third-order valence-corrected chi connectivity index (χ3v) is 4.99. The summed E-state index contributed by atoms with van der Waals surface area (Å²) in [5.41, 5.74) is 4.03. The smallest absolute Gasteiger partial charge is 0.151 e. The van der Waals surface area contributed by atoms with E-state index in [2.05, 4.69) is 33.5 Å². The Labute approximate surface area is 146 Å². The zero-order valence-electron chi connectivity index (χ0n) is 14.6. The highest BCUT2D eigenvalue weighted by molar-refractivity contribution is 5.76. The molecule has 0 saturated heterocycles. The van der Waals surface area contributed by atoms with Crippen molar-refractivity contribution in [2.24, 2.45) is 0 Å². The van der Waals surface area contributed by atoms with Gasteiger partial charge in [0.1, 0.15) is 17.1 Å². The molecule has 0 aliphatic carbocycles. The van der Waals surface area contributed by atoms with Crippen LogP contribution in [0.5, 0.6) is 5.75 Å². The van der Waals surface area contributed by atoms with Gasteiger partial charge >= 0.3 is 0 Å². The van der Waals surface area contributed by atoms with Crippen LogP contribution in [0.25, 0.3) is 11.0 Å². The van der Waals surface area contributed by atoms with Crippen LogP contribution in [0.3, 0.4) is 0 Å². The number of benzene rings is 2. The lowest BCUT2D eigenvalue weighted by molar-refractivity contribution is 0.236. The van der Waals surface area contributed by atoms with E-state index in [9.17, 15) is 4.39 Å². The van der Waals surface area contributed by atoms with E-state index in [1.807, 2.05) is 12.1 Å². The molecule has 130 valence electrons. The first-order chi connectivity index (χ1) is 12.2. The minimum Gasteiger partial charge on any atom is -0.497 e. The SMILES string of the molecule is CCn1c(CN2CCc3ccc(OC)cc3C2)nc2c(F)cccc21. The molecule has 0 saturated carbocycles. The third-order valence-electron chi connectivity index (χ3n) is 4.99. The molecule has 4 rings (SSSR count). The molecule has 1 aromatic heterocycles. The van der Waals surface area contributed by atoms with Gasteiger partial charge in [-0.1, -0.05) is 12.1 Å². The maximum atomic E-state index is 14.1. The number of ether oxygens (including phenoxy) is 1. The van der Waals surface area contributed by atoms with Crippen LogP contribution in [0.4, 0.5) is 4.39 Å². The lowest BCUT2D eigenvalue weighted by Gasteiger charge is -2.28. The fraction of sp³-hybridized carbons (Fsp3) is 0.350. The van der Waals surface area contributed by atoms with E-state index < -0.39 is 0 Å². The molecular weight excluding hydrogens is 317 g/mol. The Bertz CT molecular complexity index is 919. The summed E-state index contributed by atoms with van der Waals surface area (Å²) in [6.07, 6.45) is 1.01. The summed E-state index contributed by atoms with van der Waals surface area (Å²) >= 11 is 0. The van der Waals surface area contributed by atoms with Crippen molar-refractivity contribution in [2.75, 3.05) is 13.7 Å². The van der Waals surface area contributed by atoms with Crippen molar-refractivity contribution in [3.8, 4) is 5.75 Å². The van der Waals surface area contributed by atoms with Gasteiger partial charge in [-0.3, -0.25) is 4.90 Å². The number of hydrogen-bond acceptors (Lipinski definition) is 3. The lowest BCUT2D eigenvalue weighted by atomic mass is 9.99. The van der Waals surface area contributed by atoms with Gasteiger partial charge in [0.05, 0.1) is 19.2 Å². The van der Waals surface area contributed by atoms with Crippen molar-refractivity contribution in [1.82, 2.24) is 14.5 Å². The molecule has 4 nitrogen and oxygen atoms in total. The average Bonchev–Trinajstić information content (AvgIpc) is 2.99. The van der Waals surface area contributed by atoms with Gasteiger partial charge in [0.25, 0.3) is 0 Å². The van der Waals surface area contributed by atoms with E-state index in [4.69, 9.17) is 4.74 Å². The minimum atomic E-state index is -0.250. The normalized spacial score (nSPS) is 14.7. The zero-order valence-corrected chi connectivity index (χ0v) is 14.6. The highest BCUT2D eigenvalue weighted by Crippen LogP contribution is 2.26. The van der Waals surface area contributed by atoms with E-state index in [0.29, 0.717) is 5.52 Å². The van der Waals surface area contributed by atoms with Crippen LogP contribution >= 0.6 is 0 Å². The summed E-state index contributed by atoms with van der Waals surface area (Å²) in [5.74, 6) is 1.57. The number of imidazole rings is 1. The van der Waals surface area contributed by atoms with E-state index in [0.717, 1.165) is 49.7 Å². The molecule has 0 fully saturated rings. The van der Waals surface area contributed by atoms with Crippen LogP contribution in [0.1, 0.15) is 23.9 Å². The number of nitrogens with zero attached hydrogens (tertiary/aromatic N) is 3. The molecule has 0 atom stereocenters. The van der Waals surface area contributed by atoms with Crippen LogP contribution in [-0.4, -0.2) is 28.1 Å². The molecule has 0 unspecified atom stereocenters. The van der Waals surface area contributed by atoms with Crippen molar-refractivity contribution in [2.45, 2.75) is 33.0 Å². The van der Waals surface area contributed by atoms with Gasteiger partial charge in [0.2, 0.25) is 0 Å². The number of aryl methyl sites for hydroxylation is 1. The maximum absolute atomic E-state index is 14.1. The highest BCUT2D eigenvalue weighted by Gasteiger charge is 2.20. The van der Waals surface area contributed by atoms with Crippen LogP contribution in [-0.2, 0) is 26.1 Å². The third kappa shape index (κ3) is 2.89. The van der Waals surface area contributed by atoms with Crippen LogP contribution in [0, 0.1) is 5.82 Å². The molecule has 5 heteroatoms. The Kier molecular flexibility index (Phi) is 4.17. The Balaban J connectivity index is 1.62. The number of halogens is 1. The second kappa shape index (κ2) is 6.48. The van der Waals surface area contributed by atoms with Crippen LogP contribution in [0.2, 0.25) is 0 Å². The fourth-order valence-electron chi connectivity index (χ4n) is 3.69. The molecule has 3 aromatic rings. The molecular formula is C20H22FN3O. The van der Waals surface area contributed by atoms with Crippen LogP contribution in [0.15, 0.2) is 36.4 Å². The summed E-state index contributed by atoms with van der Waals surface area (Å²) in [6.45, 7) is 5.43. The lowest BCUT2D eigenvalue weighted by Crippen LogP contribution is -2.31. The van der Waals surface area contributed by atoms with Crippen molar-refractivity contribution in [3.05, 3.63) is 59.2 Å². The topological polar surface area (TPSA) is 30.3 Å². The van der Waals surface area contributed by atoms with Gasteiger partial charge in [-0.15, -0.1) is 0 Å². The number of para-hydroxylation sites is 1. The van der Waals surface area contributed by atoms with Gasteiger partial charge in [0.15, 0.2) is 5.82 Å². The molecule has 2 aromatic carbocycles. The predicted octanol–water partition coefficient (Wildman–Crippen LogP) is 3.76. The van der Waals surface area contributed by atoms with Gasteiger partial charge in [-0.05, 0) is 48.7 Å². The Morgan fingerprint density at radius 1 is 1.20 bits per heavy atom.